The van der Waals surface area contributed by atoms with Gasteiger partial charge < -0.3 is 0 Å². The van der Waals surface area contributed by atoms with Gasteiger partial charge in [-0.15, -0.1) is 0 Å². The Morgan fingerprint density at radius 3 is 2.27 bits per heavy atom. The van der Waals surface area contributed by atoms with Crippen LogP contribution in [0.4, 0.5) is 0 Å². The highest BCUT2D eigenvalue weighted by Crippen LogP contribution is 2.19. The minimum absolute atomic E-state index is 0.236. The molecule has 66 valence electrons. The van der Waals surface area contributed by atoms with Crippen molar-refractivity contribution < 1.29 is 4.79 Å². The van der Waals surface area contributed by atoms with E-state index in [9.17, 15) is 4.79 Å². The summed E-state index contributed by atoms with van der Waals surface area (Å²) >= 11 is 1.76. The van der Waals surface area contributed by atoms with Crippen molar-refractivity contribution in [2.75, 3.05) is 5.75 Å². The van der Waals surface area contributed by atoms with Gasteiger partial charge in [-0.1, -0.05) is 20.8 Å². The molecule has 0 bridgehead atoms. The molecule has 1 unspecified atom stereocenters. The molecule has 0 aliphatic heterocycles. The lowest BCUT2D eigenvalue weighted by molar-refractivity contribution is -0.116. The van der Waals surface area contributed by atoms with Crippen LogP contribution in [0.25, 0.3) is 0 Å². The van der Waals surface area contributed by atoms with Crippen molar-refractivity contribution in [2.24, 2.45) is 5.92 Å². The number of carbonyl (C=O) groups excluding carboxylic acids is 1. The van der Waals surface area contributed by atoms with Gasteiger partial charge >= 0.3 is 0 Å². The molecule has 0 spiro atoms. The Balaban J connectivity index is 3.79. The van der Waals surface area contributed by atoms with Crippen LogP contribution in [-0.4, -0.2) is 16.8 Å². The summed E-state index contributed by atoms with van der Waals surface area (Å²) in [4.78, 5) is 11.0. The summed E-state index contributed by atoms with van der Waals surface area (Å²) in [5.74, 6) is 1.99. The Kier molecular flexibility index (Phi) is 5.65. The predicted octanol–water partition coefficient (Wildman–Crippen LogP) is 2.74. The maximum Gasteiger partial charge on any atom is 0.142 e. The molecule has 0 aromatic rings. The monoisotopic (exact) mass is 174 g/mol. The molecule has 0 aliphatic carbocycles. The number of carbonyl (C=O) groups is 1. The van der Waals surface area contributed by atoms with Crippen molar-refractivity contribution >= 4 is 17.5 Å². The third-order valence-corrected chi connectivity index (χ3v) is 2.77. The van der Waals surface area contributed by atoms with E-state index in [1.807, 2.05) is 0 Å². The molecule has 0 fully saturated rings. The van der Waals surface area contributed by atoms with Crippen LogP contribution >= 0.6 is 11.8 Å². The highest BCUT2D eigenvalue weighted by molar-refractivity contribution is 8.00. The molecular weight excluding hydrogens is 156 g/mol. The Bertz CT molecular complexity index is 121. The van der Waals surface area contributed by atoms with E-state index in [-0.39, 0.29) is 5.25 Å². The van der Waals surface area contributed by atoms with Gasteiger partial charge in [0.15, 0.2) is 0 Å². The third kappa shape index (κ3) is 5.31. The standard InChI is InChI=1S/C9H18OS/c1-5-11-9(8(4)10)6-7(2)3/h7,9H,5-6H2,1-4H3. The fourth-order valence-corrected chi connectivity index (χ4v) is 2.14. The van der Waals surface area contributed by atoms with Gasteiger partial charge in [0.05, 0.1) is 5.25 Å². The highest BCUT2D eigenvalue weighted by Gasteiger charge is 2.14. The minimum Gasteiger partial charge on any atom is -0.299 e. The van der Waals surface area contributed by atoms with Crippen molar-refractivity contribution in [3.63, 3.8) is 0 Å². The summed E-state index contributed by atoms with van der Waals surface area (Å²) in [6.45, 7) is 8.11. The number of Topliss-reactive ketones (excluding diaryl/α,β-unsaturated/α-hetero) is 1. The average Bonchev–Trinajstić information content (AvgIpc) is 1.86. The molecule has 0 aromatic heterocycles. The summed E-state index contributed by atoms with van der Waals surface area (Å²) in [7, 11) is 0. The zero-order chi connectivity index (χ0) is 8.85. The average molecular weight is 174 g/mol. The van der Waals surface area contributed by atoms with Crippen LogP contribution in [0.3, 0.4) is 0 Å². The molecule has 0 radical (unpaired) electrons. The molecule has 0 rings (SSSR count). The predicted molar refractivity (Wildman–Crippen MR) is 52.1 cm³/mol. The van der Waals surface area contributed by atoms with Gasteiger partial charge in [-0.3, -0.25) is 4.79 Å². The van der Waals surface area contributed by atoms with Crippen molar-refractivity contribution in [3.05, 3.63) is 0 Å². The van der Waals surface area contributed by atoms with E-state index in [0.717, 1.165) is 12.2 Å². The molecule has 1 atom stereocenters. The maximum absolute atomic E-state index is 11.0. The van der Waals surface area contributed by atoms with Crippen molar-refractivity contribution in [1.82, 2.24) is 0 Å². The number of hydrogen-bond donors (Lipinski definition) is 0. The maximum atomic E-state index is 11.0. The third-order valence-electron chi connectivity index (χ3n) is 1.51. The van der Waals surface area contributed by atoms with Gasteiger partial charge in [0.1, 0.15) is 5.78 Å². The first-order chi connectivity index (χ1) is 5.07. The van der Waals surface area contributed by atoms with Crippen LogP contribution in [0, 0.1) is 5.92 Å². The normalized spacial score (nSPS) is 13.5. The minimum atomic E-state index is 0.236. The summed E-state index contributed by atoms with van der Waals surface area (Å²) in [6.07, 6.45) is 1.02. The van der Waals surface area contributed by atoms with Gasteiger partial charge in [0, 0.05) is 0 Å². The molecule has 0 heterocycles. The van der Waals surface area contributed by atoms with Gasteiger partial charge in [-0.05, 0) is 25.0 Å². The number of thioether (sulfide) groups is 1. The second-order valence-corrected chi connectivity index (χ2v) is 4.66. The molecule has 0 aliphatic rings. The van der Waals surface area contributed by atoms with Gasteiger partial charge in [-0.25, -0.2) is 0 Å². The molecule has 0 N–H and O–H groups in total. The van der Waals surface area contributed by atoms with Crippen LogP contribution < -0.4 is 0 Å². The summed E-state index contributed by atoms with van der Waals surface area (Å²) in [6, 6.07) is 0. The van der Waals surface area contributed by atoms with Gasteiger partial charge in [-0.2, -0.15) is 11.8 Å². The van der Waals surface area contributed by atoms with E-state index in [2.05, 4.69) is 20.8 Å². The number of rotatable bonds is 5. The second-order valence-electron chi connectivity index (χ2n) is 3.18. The topological polar surface area (TPSA) is 17.1 Å². The van der Waals surface area contributed by atoms with Crippen LogP contribution in [0.15, 0.2) is 0 Å². The largest absolute Gasteiger partial charge is 0.299 e. The summed E-state index contributed by atoms with van der Waals surface area (Å²) in [5.41, 5.74) is 0. The first kappa shape index (κ1) is 11.0. The van der Waals surface area contributed by atoms with E-state index < -0.39 is 0 Å². The Morgan fingerprint density at radius 2 is 2.00 bits per heavy atom. The molecule has 0 saturated heterocycles. The zero-order valence-electron chi connectivity index (χ0n) is 7.89. The summed E-state index contributed by atoms with van der Waals surface area (Å²) in [5, 5.41) is 0.236. The van der Waals surface area contributed by atoms with E-state index in [4.69, 9.17) is 0 Å². The molecule has 11 heavy (non-hydrogen) atoms. The Labute approximate surface area is 73.9 Å². The lowest BCUT2D eigenvalue weighted by Crippen LogP contribution is -2.16. The van der Waals surface area contributed by atoms with E-state index in [1.165, 1.54) is 0 Å². The number of ketones is 1. The van der Waals surface area contributed by atoms with Crippen LogP contribution in [0.2, 0.25) is 0 Å². The molecule has 2 heteroatoms. The Morgan fingerprint density at radius 1 is 1.45 bits per heavy atom. The SMILES string of the molecule is CCSC(CC(C)C)C(C)=O. The molecular formula is C9H18OS. The number of hydrogen-bond acceptors (Lipinski definition) is 2. The van der Waals surface area contributed by atoms with Crippen LogP contribution in [0.1, 0.15) is 34.1 Å². The molecule has 0 aromatic carbocycles. The molecule has 0 saturated carbocycles. The van der Waals surface area contributed by atoms with Crippen LogP contribution in [0.5, 0.6) is 0 Å². The quantitative estimate of drug-likeness (QED) is 0.637. The van der Waals surface area contributed by atoms with Gasteiger partial charge in [0.2, 0.25) is 0 Å². The fourth-order valence-electron chi connectivity index (χ4n) is 0.981. The fraction of sp³-hybridized carbons (Fsp3) is 0.889. The summed E-state index contributed by atoms with van der Waals surface area (Å²) < 4.78 is 0. The smallest absolute Gasteiger partial charge is 0.142 e. The van der Waals surface area contributed by atoms with E-state index in [0.29, 0.717) is 11.7 Å². The van der Waals surface area contributed by atoms with E-state index >= 15 is 0 Å². The first-order valence-corrected chi connectivity index (χ1v) is 5.24. The highest BCUT2D eigenvalue weighted by atomic mass is 32.2. The lowest BCUT2D eigenvalue weighted by Gasteiger charge is -2.13. The van der Waals surface area contributed by atoms with Crippen molar-refractivity contribution in [1.29, 1.82) is 0 Å². The van der Waals surface area contributed by atoms with Gasteiger partial charge in [0.25, 0.3) is 0 Å². The lowest BCUT2D eigenvalue weighted by atomic mass is 10.1. The first-order valence-electron chi connectivity index (χ1n) is 4.20. The van der Waals surface area contributed by atoms with Crippen molar-refractivity contribution in [3.8, 4) is 0 Å². The molecule has 1 nitrogen and oxygen atoms in total. The second kappa shape index (κ2) is 5.64. The van der Waals surface area contributed by atoms with Crippen LogP contribution in [-0.2, 0) is 4.79 Å². The molecule has 0 amide bonds. The Hall–Kier alpha value is 0.0200. The zero-order valence-corrected chi connectivity index (χ0v) is 8.70. The van der Waals surface area contributed by atoms with Crippen molar-refractivity contribution in [2.45, 2.75) is 39.4 Å². The van der Waals surface area contributed by atoms with E-state index in [1.54, 1.807) is 18.7 Å².